The third-order valence-electron chi connectivity index (χ3n) is 5.00. The molecule has 0 saturated carbocycles. The number of aryl methyl sites for hydroxylation is 1. The molecule has 0 spiro atoms. The van der Waals surface area contributed by atoms with Crippen LogP contribution in [0.3, 0.4) is 0 Å². The van der Waals surface area contributed by atoms with Crippen LogP contribution in [0.5, 0.6) is 0 Å². The molecular formula is C16H28ClN5O3S. The van der Waals surface area contributed by atoms with E-state index in [-0.39, 0.29) is 35.3 Å². The Morgan fingerprint density at radius 1 is 1.38 bits per heavy atom. The van der Waals surface area contributed by atoms with Gasteiger partial charge in [0, 0.05) is 26.2 Å². The highest BCUT2D eigenvalue weighted by atomic mass is 35.5. The van der Waals surface area contributed by atoms with Gasteiger partial charge in [-0.15, -0.1) is 12.4 Å². The lowest BCUT2D eigenvalue weighted by molar-refractivity contribution is -0.123. The van der Waals surface area contributed by atoms with Gasteiger partial charge in [0.1, 0.15) is 0 Å². The molecule has 0 aliphatic carbocycles. The molecule has 0 bridgehead atoms. The van der Waals surface area contributed by atoms with Crippen molar-refractivity contribution in [3.63, 3.8) is 0 Å². The summed E-state index contributed by atoms with van der Waals surface area (Å²) in [6.45, 7) is 4.76. The summed E-state index contributed by atoms with van der Waals surface area (Å²) < 4.78 is 28.8. The van der Waals surface area contributed by atoms with Crippen molar-refractivity contribution >= 4 is 28.3 Å². The number of nitrogens with one attached hydrogen (secondary N) is 2. The highest BCUT2D eigenvalue weighted by Gasteiger charge is 2.32. The summed E-state index contributed by atoms with van der Waals surface area (Å²) in [5, 5.41) is 10.5. The van der Waals surface area contributed by atoms with Crippen molar-refractivity contribution in [1.82, 2.24) is 24.7 Å². The minimum Gasteiger partial charge on any atom is -0.354 e. The van der Waals surface area contributed by atoms with Gasteiger partial charge in [0.2, 0.25) is 5.91 Å². The summed E-state index contributed by atoms with van der Waals surface area (Å²) >= 11 is 0. The molecule has 0 radical (unpaired) electrons. The Kier molecular flexibility index (Phi) is 7.45. The molecular weight excluding hydrogens is 378 g/mol. The molecule has 1 amide bonds. The number of carbonyl (C=O) groups excluding carboxylic acids is 1. The third-order valence-corrected chi connectivity index (χ3v) is 6.89. The molecule has 2 atom stereocenters. The van der Waals surface area contributed by atoms with Crippen molar-refractivity contribution in [2.24, 2.45) is 5.92 Å². The number of aromatic nitrogens is 2. The zero-order valence-corrected chi connectivity index (χ0v) is 16.7. The highest BCUT2D eigenvalue weighted by molar-refractivity contribution is 7.89. The Labute approximate surface area is 161 Å². The first-order valence-electron chi connectivity index (χ1n) is 9.05. The zero-order valence-electron chi connectivity index (χ0n) is 15.1. The summed E-state index contributed by atoms with van der Waals surface area (Å²) in [5.74, 6) is 0.174. The van der Waals surface area contributed by atoms with Crippen molar-refractivity contribution in [2.75, 3.05) is 26.2 Å². The fourth-order valence-electron chi connectivity index (χ4n) is 3.60. The summed E-state index contributed by atoms with van der Waals surface area (Å²) in [6, 6.07) is 1.46. The molecule has 2 aliphatic heterocycles. The number of halogens is 1. The number of nitrogens with zero attached hydrogens (tertiary/aromatic N) is 3. The van der Waals surface area contributed by atoms with Crippen LogP contribution in [0.15, 0.2) is 17.3 Å². The zero-order chi connectivity index (χ0) is 17.9. The van der Waals surface area contributed by atoms with Crippen molar-refractivity contribution in [3.05, 3.63) is 12.3 Å². The Bertz CT molecular complexity index is 702. The SMILES string of the molecule is CCn1nccc1S(=O)(=O)N1CCCC(CNC(=O)C2CCCN2)C1.Cl. The van der Waals surface area contributed by atoms with E-state index in [0.29, 0.717) is 26.2 Å². The van der Waals surface area contributed by atoms with Gasteiger partial charge in [0.05, 0.1) is 12.2 Å². The van der Waals surface area contributed by atoms with Gasteiger partial charge in [-0.3, -0.25) is 9.48 Å². The number of hydrogen-bond acceptors (Lipinski definition) is 5. The van der Waals surface area contributed by atoms with Crippen LogP contribution in [0.1, 0.15) is 32.6 Å². The van der Waals surface area contributed by atoms with Gasteiger partial charge in [0.25, 0.3) is 10.0 Å². The monoisotopic (exact) mass is 405 g/mol. The highest BCUT2D eigenvalue weighted by Crippen LogP contribution is 2.23. The predicted molar refractivity (Wildman–Crippen MR) is 101 cm³/mol. The van der Waals surface area contributed by atoms with Crippen LogP contribution in [0, 0.1) is 5.92 Å². The van der Waals surface area contributed by atoms with E-state index >= 15 is 0 Å². The first-order valence-corrected chi connectivity index (χ1v) is 10.5. The van der Waals surface area contributed by atoms with Crippen LogP contribution in [-0.4, -0.2) is 60.6 Å². The van der Waals surface area contributed by atoms with Gasteiger partial charge in [-0.1, -0.05) is 0 Å². The Hall–Kier alpha value is -1.16. The quantitative estimate of drug-likeness (QED) is 0.722. The lowest BCUT2D eigenvalue weighted by Gasteiger charge is -2.32. The van der Waals surface area contributed by atoms with E-state index in [0.717, 1.165) is 32.2 Å². The fourth-order valence-corrected chi connectivity index (χ4v) is 5.31. The van der Waals surface area contributed by atoms with Crippen LogP contribution in [0.25, 0.3) is 0 Å². The molecule has 0 aromatic carbocycles. The van der Waals surface area contributed by atoms with Crippen LogP contribution >= 0.6 is 12.4 Å². The lowest BCUT2D eigenvalue weighted by atomic mass is 9.99. The lowest BCUT2D eigenvalue weighted by Crippen LogP contribution is -2.46. The molecule has 26 heavy (non-hydrogen) atoms. The number of carbonyl (C=O) groups is 1. The predicted octanol–water partition coefficient (Wildman–Crippen LogP) is 0.594. The van der Waals surface area contributed by atoms with Crippen LogP contribution in [0.4, 0.5) is 0 Å². The van der Waals surface area contributed by atoms with Crippen molar-refractivity contribution in [3.8, 4) is 0 Å². The van der Waals surface area contributed by atoms with Crippen molar-refractivity contribution in [1.29, 1.82) is 0 Å². The van der Waals surface area contributed by atoms with Crippen LogP contribution < -0.4 is 10.6 Å². The number of hydrogen-bond donors (Lipinski definition) is 2. The first kappa shape index (κ1) is 21.1. The van der Waals surface area contributed by atoms with E-state index in [4.69, 9.17) is 0 Å². The molecule has 3 heterocycles. The summed E-state index contributed by atoms with van der Waals surface area (Å²) in [6.07, 6.45) is 5.16. The molecule has 2 unspecified atom stereocenters. The molecule has 1 aromatic rings. The van der Waals surface area contributed by atoms with E-state index < -0.39 is 10.0 Å². The maximum Gasteiger partial charge on any atom is 0.260 e. The second-order valence-electron chi connectivity index (χ2n) is 6.75. The maximum absolute atomic E-state index is 12.9. The van der Waals surface area contributed by atoms with Crippen molar-refractivity contribution < 1.29 is 13.2 Å². The minimum atomic E-state index is -3.54. The van der Waals surface area contributed by atoms with Crippen LogP contribution in [-0.2, 0) is 21.4 Å². The van der Waals surface area contributed by atoms with E-state index in [2.05, 4.69) is 15.7 Å². The van der Waals surface area contributed by atoms with Gasteiger partial charge in [-0.2, -0.15) is 9.40 Å². The van der Waals surface area contributed by atoms with Gasteiger partial charge < -0.3 is 10.6 Å². The number of rotatable bonds is 6. The Morgan fingerprint density at radius 3 is 2.88 bits per heavy atom. The van der Waals surface area contributed by atoms with Crippen molar-refractivity contribution in [2.45, 2.75) is 50.2 Å². The van der Waals surface area contributed by atoms with Gasteiger partial charge in [-0.05, 0) is 51.1 Å². The number of amides is 1. The van der Waals surface area contributed by atoms with Crippen LogP contribution in [0.2, 0.25) is 0 Å². The van der Waals surface area contributed by atoms with E-state index in [1.807, 2.05) is 6.92 Å². The Morgan fingerprint density at radius 2 is 2.19 bits per heavy atom. The minimum absolute atomic E-state index is 0. The third kappa shape index (κ3) is 4.57. The van der Waals surface area contributed by atoms with E-state index in [1.54, 1.807) is 6.07 Å². The second-order valence-corrected chi connectivity index (χ2v) is 8.64. The number of sulfonamides is 1. The van der Waals surface area contributed by atoms with Gasteiger partial charge in [0.15, 0.2) is 5.03 Å². The Balaban J connectivity index is 0.00000243. The smallest absolute Gasteiger partial charge is 0.260 e. The molecule has 2 aliphatic rings. The summed E-state index contributed by atoms with van der Waals surface area (Å²) in [7, 11) is -3.54. The molecule has 148 valence electrons. The maximum atomic E-state index is 12.9. The molecule has 3 rings (SSSR count). The van der Waals surface area contributed by atoms with Gasteiger partial charge in [-0.25, -0.2) is 8.42 Å². The number of piperidine rings is 1. The first-order chi connectivity index (χ1) is 12.0. The average molecular weight is 406 g/mol. The van der Waals surface area contributed by atoms with E-state index in [9.17, 15) is 13.2 Å². The standard InChI is InChI=1S/C16H27N5O3S.ClH/c1-2-21-15(7-9-19-21)25(23,24)20-10-4-5-13(12-20)11-18-16(22)14-6-3-8-17-14;/h7,9,13-14,17H,2-6,8,10-12H2,1H3,(H,18,22);1H. The molecule has 2 saturated heterocycles. The summed E-state index contributed by atoms with van der Waals surface area (Å²) in [4.78, 5) is 12.1. The molecule has 2 fully saturated rings. The second kappa shape index (κ2) is 9.16. The molecule has 10 heteroatoms. The van der Waals surface area contributed by atoms with Gasteiger partial charge >= 0.3 is 0 Å². The largest absolute Gasteiger partial charge is 0.354 e. The fraction of sp³-hybridized carbons (Fsp3) is 0.750. The molecule has 8 nitrogen and oxygen atoms in total. The summed E-state index contributed by atoms with van der Waals surface area (Å²) in [5.41, 5.74) is 0. The van der Waals surface area contributed by atoms with E-state index in [1.165, 1.54) is 15.2 Å². The molecule has 2 N–H and O–H groups in total. The molecule has 1 aromatic heterocycles. The average Bonchev–Trinajstić information content (AvgIpc) is 3.31. The normalized spacial score (nSPS) is 24.2. The topological polar surface area (TPSA) is 96.3 Å².